The predicted octanol–water partition coefficient (Wildman–Crippen LogP) is 5.49. The molecule has 0 unspecified atom stereocenters. The van der Waals surface area contributed by atoms with Gasteiger partial charge in [-0.25, -0.2) is 0 Å². The molecule has 1 N–H and O–H groups in total. The van der Waals surface area contributed by atoms with Crippen LogP contribution in [-0.2, 0) is 4.79 Å². The molecule has 0 radical (unpaired) electrons. The van der Waals surface area contributed by atoms with E-state index in [-0.39, 0.29) is 23.5 Å². The second-order valence-corrected chi connectivity index (χ2v) is 7.40. The van der Waals surface area contributed by atoms with E-state index in [1.807, 2.05) is 0 Å². The monoisotopic (exact) mass is 473 g/mol. The summed E-state index contributed by atoms with van der Waals surface area (Å²) in [6, 6.07) is 15.1. The Balaban J connectivity index is 1.65. The van der Waals surface area contributed by atoms with Crippen molar-refractivity contribution in [3.63, 3.8) is 0 Å². The standard InChI is InChI=1S/C21H13BrClNO5/c22-12-3-6-14(7-4-12)24-18(25)11-28-21-19(26)15-10-13(23)5-8-16(15)29-20(21)17-2-1-9-27-17/h1-10H,11H2,(H,24,25). The van der Waals surface area contributed by atoms with Gasteiger partial charge in [-0.1, -0.05) is 27.5 Å². The predicted molar refractivity (Wildman–Crippen MR) is 113 cm³/mol. The number of anilines is 1. The van der Waals surface area contributed by atoms with Crippen molar-refractivity contribution in [3.05, 3.63) is 80.6 Å². The number of ether oxygens (including phenoxy) is 1. The van der Waals surface area contributed by atoms with Gasteiger partial charge in [-0.05, 0) is 54.6 Å². The zero-order chi connectivity index (χ0) is 20.4. The van der Waals surface area contributed by atoms with Gasteiger partial charge in [0.2, 0.25) is 16.9 Å². The molecule has 4 aromatic rings. The highest BCUT2D eigenvalue weighted by molar-refractivity contribution is 9.10. The van der Waals surface area contributed by atoms with Crippen LogP contribution < -0.4 is 15.5 Å². The van der Waals surface area contributed by atoms with Gasteiger partial charge in [0.15, 0.2) is 12.4 Å². The number of furan rings is 1. The highest BCUT2D eigenvalue weighted by atomic mass is 79.9. The van der Waals surface area contributed by atoms with Crippen LogP contribution in [0.25, 0.3) is 22.5 Å². The van der Waals surface area contributed by atoms with E-state index in [2.05, 4.69) is 21.2 Å². The lowest BCUT2D eigenvalue weighted by atomic mass is 10.2. The van der Waals surface area contributed by atoms with Gasteiger partial charge in [-0.2, -0.15) is 0 Å². The maximum Gasteiger partial charge on any atom is 0.262 e. The molecule has 146 valence electrons. The number of rotatable bonds is 5. The normalized spacial score (nSPS) is 10.8. The van der Waals surface area contributed by atoms with E-state index in [9.17, 15) is 9.59 Å². The Labute approximate surface area is 178 Å². The van der Waals surface area contributed by atoms with Gasteiger partial charge < -0.3 is 18.9 Å². The summed E-state index contributed by atoms with van der Waals surface area (Å²) in [4.78, 5) is 25.3. The van der Waals surface area contributed by atoms with E-state index in [1.165, 1.54) is 12.3 Å². The van der Waals surface area contributed by atoms with Crippen LogP contribution in [0.1, 0.15) is 0 Å². The summed E-state index contributed by atoms with van der Waals surface area (Å²) in [6.07, 6.45) is 1.45. The first-order chi connectivity index (χ1) is 14.0. The second-order valence-electron chi connectivity index (χ2n) is 6.05. The molecule has 2 heterocycles. The lowest BCUT2D eigenvalue weighted by molar-refractivity contribution is -0.118. The van der Waals surface area contributed by atoms with Crippen molar-refractivity contribution in [1.82, 2.24) is 0 Å². The zero-order valence-electron chi connectivity index (χ0n) is 14.8. The lowest BCUT2D eigenvalue weighted by Crippen LogP contribution is -2.22. The summed E-state index contributed by atoms with van der Waals surface area (Å²) in [5, 5.41) is 3.33. The van der Waals surface area contributed by atoms with Crippen LogP contribution in [0, 0.1) is 0 Å². The minimum Gasteiger partial charge on any atom is -0.476 e. The number of hydrogen-bond donors (Lipinski definition) is 1. The molecule has 0 bridgehead atoms. The Morgan fingerprint density at radius 3 is 2.66 bits per heavy atom. The lowest BCUT2D eigenvalue weighted by Gasteiger charge is -2.11. The Morgan fingerprint density at radius 1 is 1.14 bits per heavy atom. The van der Waals surface area contributed by atoms with E-state index in [1.54, 1.807) is 48.5 Å². The Kier molecular flexibility index (Phi) is 5.42. The van der Waals surface area contributed by atoms with Gasteiger partial charge in [-0.15, -0.1) is 0 Å². The summed E-state index contributed by atoms with van der Waals surface area (Å²) in [5.41, 5.74) is 0.486. The SMILES string of the molecule is O=C(COc1c(-c2ccco2)oc2ccc(Cl)cc2c1=O)Nc1ccc(Br)cc1. The Morgan fingerprint density at radius 2 is 1.93 bits per heavy atom. The molecule has 0 saturated heterocycles. The highest BCUT2D eigenvalue weighted by Crippen LogP contribution is 2.32. The number of benzene rings is 2. The van der Waals surface area contributed by atoms with Gasteiger partial charge in [0.25, 0.3) is 5.91 Å². The van der Waals surface area contributed by atoms with Crippen molar-refractivity contribution in [2.45, 2.75) is 0 Å². The van der Waals surface area contributed by atoms with Crippen LogP contribution in [0.5, 0.6) is 5.75 Å². The molecule has 0 aliphatic carbocycles. The highest BCUT2D eigenvalue weighted by Gasteiger charge is 2.21. The molecule has 6 nitrogen and oxygen atoms in total. The molecule has 1 amide bonds. The average Bonchev–Trinajstić information content (AvgIpc) is 3.24. The Hall–Kier alpha value is -3.03. The third-order valence-corrected chi connectivity index (χ3v) is 4.80. The third kappa shape index (κ3) is 4.21. The molecule has 8 heteroatoms. The average molecular weight is 475 g/mol. The number of carbonyl (C=O) groups is 1. The first-order valence-electron chi connectivity index (χ1n) is 8.50. The fourth-order valence-corrected chi connectivity index (χ4v) is 3.16. The molecular formula is C21H13BrClNO5. The minimum absolute atomic E-state index is 0.103. The molecule has 2 aromatic carbocycles. The van der Waals surface area contributed by atoms with Crippen LogP contribution in [0.15, 0.2) is 79.0 Å². The topological polar surface area (TPSA) is 81.7 Å². The molecule has 0 atom stereocenters. The number of hydrogen-bond acceptors (Lipinski definition) is 5. The molecule has 29 heavy (non-hydrogen) atoms. The number of halogens is 2. The molecule has 0 saturated carbocycles. The van der Waals surface area contributed by atoms with E-state index in [0.29, 0.717) is 22.1 Å². The number of amides is 1. The van der Waals surface area contributed by atoms with Crippen LogP contribution >= 0.6 is 27.5 Å². The first-order valence-corrected chi connectivity index (χ1v) is 9.67. The molecule has 2 aromatic heterocycles. The smallest absolute Gasteiger partial charge is 0.262 e. The summed E-state index contributed by atoms with van der Waals surface area (Å²) in [5.74, 6) is -0.141. The van der Waals surface area contributed by atoms with Crippen LogP contribution in [0.2, 0.25) is 5.02 Å². The van der Waals surface area contributed by atoms with Crippen molar-refractivity contribution < 1.29 is 18.4 Å². The van der Waals surface area contributed by atoms with Gasteiger partial charge in [-0.3, -0.25) is 9.59 Å². The van der Waals surface area contributed by atoms with E-state index >= 15 is 0 Å². The van der Waals surface area contributed by atoms with Crippen molar-refractivity contribution in [2.75, 3.05) is 11.9 Å². The molecule has 0 aliphatic heterocycles. The van der Waals surface area contributed by atoms with Crippen molar-refractivity contribution in [2.24, 2.45) is 0 Å². The third-order valence-electron chi connectivity index (χ3n) is 4.03. The molecular weight excluding hydrogens is 462 g/mol. The largest absolute Gasteiger partial charge is 0.476 e. The summed E-state index contributed by atoms with van der Waals surface area (Å²) < 4.78 is 17.6. The fraction of sp³-hybridized carbons (Fsp3) is 0.0476. The van der Waals surface area contributed by atoms with E-state index in [0.717, 1.165) is 4.47 Å². The quantitative estimate of drug-likeness (QED) is 0.414. The number of fused-ring (bicyclic) bond motifs is 1. The van der Waals surface area contributed by atoms with E-state index < -0.39 is 11.3 Å². The van der Waals surface area contributed by atoms with Crippen LogP contribution in [0.4, 0.5) is 5.69 Å². The fourth-order valence-electron chi connectivity index (χ4n) is 2.72. The maximum atomic E-state index is 13.0. The van der Waals surface area contributed by atoms with Gasteiger partial charge >= 0.3 is 0 Å². The van der Waals surface area contributed by atoms with Crippen LogP contribution in [0.3, 0.4) is 0 Å². The Bertz CT molecular complexity index is 1230. The maximum absolute atomic E-state index is 13.0. The minimum atomic E-state index is -0.448. The number of carbonyl (C=O) groups excluding carboxylic acids is 1. The van der Waals surface area contributed by atoms with Gasteiger partial charge in [0.1, 0.15) is 5.58 Å². The van der Waals surface area contributed by atoms with Gasteiger partial charge in [0.05, 0.1) is 11.6 Å². The zero-order valence-corrected chi connectivity index (χ0v) is 17.1. The molecule has 4 rings (SSSR count). The van der Waals surface area contributed by atoms with Crippen molar-refractivity contribution in [1.29, 1.82) is 0 Å². The number of nitrogens with one attached hydrogen (secondary N) is 1. The first kappa shape index (κ1) is 19.3. The van der Waals surface area contributed by atoms with Gasteiger partial charge in [0, 0.05) is 15.2 Å². The molecule has 0 aliphatic rings. The van der Waals surface area contributed by atoms with Crippen molar-refractivity contribution in [3.8, 4) is 17.3 Å². The summed E-state index contributed by atoms with van der Waals surface area (Å²) >= 11 is 9.34. The second kappa shape index (κ2) is 8.14. The van der Waals surface area contributed by atoms with Crippen molar-refractivity contribution >= 4 is 50.1 Å². The molecule has 0 fully saturated rings. The summed E-state index contributed by atoms with van der Waals surface area (Å²) in [6.45, 7) is -0.388. The van der Waals surface area contributed by atoms with Crippen LogP contribution in [-0.4, -0.2) is 12.5 Å². The van der Waals surface area contributed by atoms with E-state index in [4.69, 9.17) is 25.2 Å². The molecule has 0 spiro atoms. The summed E-state index contributed by atoms with van der Waals surface area (Å²) in [7, 11) is 0.